The van der Waals surface area contributed by atoms with Gasteiger partial charge in [0, 0.05) is 39.3 Å². The van der Waals surface area contributed by atoms with Crippen molar-refractivity contribution in [2.24, 2.45) is 0 Å². The molecule has 0 unspecified atom stereocenters. The van der Waals surface area contributed by atoms with Gasteiger partial charge in [-0.25, -0.2) is 9.97 Å². The van der Waals surface area contributed by atoms with Gasteiger partial charge in [0.2, 0.25) is 0 Å². The monoisotopic (exact) mass is 218 g/mol. The molecule has 0 amide bonds. The second kappa shape index (κ2) is 3.75. The van der Waals surface area contributed by atoms with Crippen LogP contribution in [-0.4, -0.2) is 36.1 Å². The minimum Gasteiger partial charge on any atom is -0.437 e. The Balaban J connectivity index is 2.07. The third-order valence-corrected chi connectivity index (χ3v) is 2.81. The number of rotatable bonds is 1. The Hall–Kier alpha value is -1.62. The van der Waals surface area contributed by atoms with Crippen LogP contribution in [0, 0.1) is 6.92 Å². The van der Waals surface area contributed by atoms with Gasteiger partial charge in [0.15, 0.2) is 17.3 Å². The van der Waals surface area contributed by atoms with Crippen molar-refractivity contribution >= 4 is 16.9 Å². The molecule has 2 aromatic heterocycles. The normalized spacial score (nSPS) is 16.9. The average molecular weight is 218 g/mol. The van der Waals surface area contributed by atoms with Gasteiger partial charge in [-0.3, -0.25) is 0 Å². The number of nitrogens with one attached hydrogen (secondary N) is 1. The number of fused-ring (bicyclic) bond motifs is 1. The molecule has 5 nitrogen and oxygen atoms in total. The van der Waals surface area contributed by atoms with Crippen LogP contribution >= 0.6 is 0 Å². The van der Waals surface area contributed by atoms with Crippen molar-refractivity contribution in [2.75, 3.05) is 31.1 Å². The van der Waals surface area contributed by atoms with Crippen molar-refractivity contribution in [3.05, 3.63) is 18.2 Å². The van der Waals surface area contributed by atoms with E-state index < -0.39 is 0 Å². The Kier molecular flexibility index (Phi) is 2.25. The van der Waals surface area contributed by atoms with E-state index in [1.807, 2.05) is 13.0 Å². The first kappa shape index (κ1) is 9.59. The van der Waals surface area contributed by atoms with Crippen molar-refractivity contribution in [3.63, 3.8) is 0 Å². The molecule has 1 fully saturated rings. The van der Waals surface area contributed by atoms with Crippen LogP contribution in [0.25, 0.3) is 11.1 Å². The van der Waals surface area contributed by atoms with E-state index in [0.29, 0.717) is 5.89 Å². The van der Waals surface area contributed by atoms with Crippen LogP contribution in [-0.2, 0) is 0 Å². The summed E-state index contributed by atoms with van der Waals surface area (Å²) in [6, 6.07) is 1.89. The van der Waals surface area contributed by atoms with Gasteiger partial charge in [-0.15, -0.1) is 0 Å². The summed E-state index contributed by atoms with van der Waals surface area (Å²) in [6.45, 7) is 5.77. The van der Waals surface area contributed by atoms with E-state index >= 15 is 0 Å². The zero-order valence-corrected chi connectivity index (χ0v) is 9.23. The molecule has 3 heterocycles. The highest BCUT2D eigenvalue weighted by atomic mass is 16.3. The highest BCUT2D eigenvalue weighted by Gasteiger charge is 2.17. The lowest BCUT2D eigenvalue weighted by Crippen LogP contribution is -2.43. The molecule has 0 aromatic carbocycles. The first-order valence-electron chi connectivity index (χ1n) is 5.52. The van der Waals surface area contributed by atoms with E-state index in [4.69, 9.17) is 4.42 Å². The lowest BCUT2D eigenvalue weighted by atomic mass is 10.3. The number of nitrogens with zero attached hydrogens (tertiary/aromatic N) is 3. The molecular formula is C11H14N4O. The third-order valence-electron chi connectivity index (χ3n) is 2.81. The van der Waals surface area contributed by atoms with Crippen LogP contribution in [0.5, 0.6) is 0 Å². The number of oxazole rings is 1. The lowest BCUT2D eigenvalue weighted by molar-refractivity contribution is 0.549. The molecule has 1 N–H and O–H groups in total. The second-order valence-corrected chi connectivity index (χ2v) is 3.95. The molecule has 0 atom stereocenters. The maximum atomic E-state index is 5.62. The molecule has 16 heavy (non-hydrogen) atoms. The van der Waals surface area contributed by atoms with Crippen molar-refractivity contribution in [1.82, 2.24) is 15.3 Å². The first-order valence-corrected chi connectivity index (χ1v) is 5.52. The minimum atomic E-state index is 0.694. The summed E-state index contributed by atoms with van der Waals surface area (Å²) >= 11 is 0. The lowest BCUT2D eigenvalue weighted by Gasteiger charge is -2.27. The maximum Gasteiger partial charge on any atom is 0.197 e. The largest absolute Gasteiger partial charge is 0.437 e. The molecule has 1 aliphatic heterocycles. The number of hydrogen-bond donors (Lipinski definition) is 1. The zero-order chi connectivity index (χ0) is 11.0. The molecule has 2 aromatic rings. The van der Waals surface area contributed by atoms with Gasteiger partial charge in [-0.05, 0) is 6.07 Å². The van der Waals surface area contributed by atoms with E-state index in [-0.39, 0.29) is 0 Å². The number of aromatic nitrogens is 2. The molecule has 0 saturated carbocycles. The van der Waals surface area contributed by atoms with Gasteiger partial charge in [0.1, 0.15) is 5.52 Å². The highest BCUT2D eigenvalue weighted by molar-refractivity contribution is 5.84. The number of anilines is 1. The van der Waals surface area contributed by atoms with Gasteiger partial charge < -0.3 is 14.6 Å². The minimum absolute atomic E-state index is 0.694. The Morgan fingerprint density at radius 3 is 3.00 bits per heavy atom. The predicted octanol–water partition coefficient (Wildman–Crippen LogP) is 0.941. The Morgan fingerprint density at radius 1 is 1.38 bits per heavy atom. The second-order valence-electron chi connectivity index (χ2n) is 3.95. The van der Waals surface area contributed by atoms with Gasteiger partial charge in [-0.1, -0.05) is 0 Å². The van der Waals surface area contributed by atoms with Crippen molar-refractivity contribution in [1.29, 1.82) is 0 Å². The predicted molar refractivity (Wildman–Crippen MR) is 61.6 cm³/mol. The molecule has 0 spiro atoms. The maximum absolute atomic E-state index is 5.62. The fourth-order valence-electron chi connectivity index (χ4n) is 2.06. The molecule has 0 radical (unpaired) electrons. The van der Waals surface area contributed by atoms with Crippen molar-refractivity contribution in [3.8, 4) is 0 Å². The zero-order valence-electron chi connectivity index (χ0n) is 9.23. The van der Waals surface area contributed by atoms with E-state index in [1.54, 1.807) is 6.20 Å². The molecule has 1 saturated heterocycles. The third kappa shape index (κ3) is 1.53. The van der Waals surface area contributed by atoms with Crippen LogP contribution in [0.2, 0.25) is 0 Å². The van der Waals surface area contributed by atoms with Crippen LogP contribution < -0.4 is 10.2 Å². The van der Waals surface area contributed by atoms with Crippen LogP contribution in [0.1, 0.15) is 5.89 Å². The summed E-state index contributed by atoms with van der Waals surface area (Å²) in [7, 11) is 0. The van der Waals surface area contributed by atoms with Gasteiger partial charge >= 0.3 is 0 Å². The van der Waals surface area contributed by atoms with Crippen molar-refractivity contribution < 1.29 is 4.42 Å². The summed E-state index contributed by atoms with van der Waals surface area (Å²) in [5.41, 5.74) is 1.70. The Bertz CT molecular complexity index is 502. The molecule has 84 valence electrons. The highest BCUT2D eigenvalue weighted by Crippen LogP contribution is 2.24. The smallest absolute Gasteiger partial charge is 0.197 e. The SMILES string of the molecule is Cc1nc2ccnc(N3CCNCC3)c2o1. The molecule has 0 bridgehead atoms. The summed E-state index contributed by atoms with van der Waals surface area (Å²) in [5.74, 6) is 1.61. The quantitative estimate of drug-likeness (QED) is 0.772. The van der Waals surface area contributed by atoms with Gasteiger partial charge in [0.25, 0.3) is 0 Å². The average Bonchev–Trinajstić information content (AvgIpc) is 2.70. The standard InChI is InChI=1S/C11H14N4O/c1-8-14-9-2-3-13-11(10(9)16-8)15-6-4-12-5-7-15/h2-3,12H,4-7H2,1H3. The topological polar surface area (TPSA) is 54.2 Å². The first-order chi connectivity index (χ1) is 7.84. The summed E-state index contributed by atoms with van der Waals surface area (Å²) in [4.78, 5) is 11.0. The van der Waals surface area contributed by atoms with Gasteiger partial charge in [0.05, 0.1) is 0 Å². The number of aryl methyl sites for hydroxylation is 1. The van der Waals surface area contributed by atoms with Crippen LogP contribution in [0.4, 0.5) is 5.82 Å². The summed E-state index contributed by atoms with van der Waals surface area (Å²) in [5, 5.41) is 3.32. The van der Waals surface area contributed by atoms with E-state index in [1.165, 1.54) is 0 Å². The molecule has 3 rings (SSSR count). The van der Waals surface area contributed by atoms with E-state index in [9.17, 15) is 0 Å². The molecule has 5 heteroatoms. The summed E-state index contributed by atoms with van der Waals surface area (Å²) < 4.78 is 5.62. The van der Waals surface area contributed by atoms with Crippen molar-refractivity contribution in [2.45, 2.75) is 6.92 Å². The summed E-state index contributed by atoms with van der Waals surface area (Å²) in [6.07, 6.45) is 1.79. The fourth-order valence-corrected chi connectivity index (χ4v) is 2.06. The number of hydrogen-bond acceptors (Lipinski definition) is 5. The van der Waals surface area contributed by atoms with Crippen LogP contribution in [0.15, 0.2) is 16.7 Å². The Labute approximate surface area is 93.5 Å². The Morgan fingerprint density at radius 2 is 2.19 bits per heavy atom. The van der Waals surface area contributed by atoms with Gasteiger partial charge in [-0.2, -0.15) is 0 Å². The van der Waals surface area contributed by atoms with E-state index in [2.05, 4.69) is 20.2 Å². The molecule has 0 aliphatic carbocycles. The van der Waals surface area contributed by atoms with Crippen LogP contribution in [0.3, 0.4) is 0 Å². The van der Waals surface area contributed by atoms with E-state index in [0.717, 1.165) is 43.1 Å². The number of piperazine rings is 1. The molecule has 1 aliphatic rings. The number of pyridine rings is 1. The fraction of sp³-hybridized carbons (Fsp3) is 0.455. The molecular weight excluding hydrogens is 204 g/mol.